The molecule has 1 heterocycles. The summed E-state index contributed by atoms with van der Waals surface area (Å²) in [6.07, 6.45) is 10.7. The van der Waals surface area contributed by atoms with Crippen molar-refractivity contribution in [3.8, 4) is 23.0 Å². The number of piperidine rings is 1. The van der Waals surface area contributed by atoms with Crippen molar-refractivity contribution in [3.63, 3.8) is 0 Å². The van der Waals surface area contributed by atoms with Crippen LogP contribution < -0.4 is 5.32 Å². The van der Waals surface area contributed by atoms with Gasteiger partial charge in [0.25, 0.3) is 0 Å². The van der Waals surface area contributed by atoms with Crippen molar-refractivity contribution in [2.24, 2.45) is 20.0 Å². The van der Waals surface area contributed by atoms with E-state index in [1.54, 1.807) is 97.7 Å². The molecule has 0 aromatic heterocycles. The van der Waals surface area contributed by atoms with E-state index in [0.717, 1.165) is 0 Å². The van der Waals surface area contributed by atoms with Crippen LogP contribution in [-0.2, 0) is 0 Å². The van der Waals surface area contributed by atoms with E-state index >= 15 is 0 Å². The maximum atomic E-state index is 9.54. The van der Waals surface area contributed by atoms with Crippen molar-refractivity contribution in [1.82, 2.24) is 5.32 Å². The normalized spacial score (nSPS) is 12.8. The third-order valence-electron chi connectivity index (χ3n) is 6.59. The van der Waals surface area contributed by atoms with Crippen LogP contribution in [0.5, 0.6) is 23.0 Å². The summed E-state index contributed by atoms with van der Waals surface area (Å²) in [6.45, 7) is 4.60. The van der Waals surface area contributed by atoms with E-state index < -0.39 is 0 Å². The van der Waals surface area contributed by atoms with E-state index in [1.165, 1.54) is 32.4 Å². The first-order chi connectivity index (χ1) is 22.5. The second-order valence-electron chi connectivity index (χ2n) is 10.2. The van der Waals surface area contributed by atoms with Crippen LogP contribution in [0.1, 0.15) is 41.5 Å². The molecule has 0 saturated carbocycles. The summed E-state index contributed by atoms with van der Waals surface area (Å²) >= 11 is 0. The monoisotopic (exact) mass is 774 g/mol. The first-order valence-corrected chi connectivity index (χ1v) is 15.4. The molecule has 1 saturated heterocycles. The topological polar surface area (TPSA) is 142 Å². The molecule has 5 N–H and O–H groups in total. The Balaban J connectivity index is 0.000000272. The van der Waals surface area contributed by atoms with Crippen LogP contribution in [0, 0.1) is 49.4 Å². The number of para-hydroxylation sites is 4. The number of aliphatic imine (C=N–C) groups is 4. The summed E-state index contributed by atoms with van der Waals surface area (Å²) in [5, 5.41) is 41.5. The SMILES string of the molecule is C1CCNCC1.Oc1ccccc1C=NCCN=Cc1ccccc1O.Oc1ccccc1C=NCCN=Cc1ccccc1O.[Eu+3]. The summed E-state index contributed by atoms with van der Waals surface area (Å²) in [6, 6.07) is 28.1. The Morgan fingerprint density at radius 3 is 0.872 bits per heavy atom. The standard InChI is InChI=1S/2C16H16N2O2.C5H11N.Eu/c2*19-15-7-3-1-5-13(15)11-17-9-10-18-12-14-6-2-4-8-16(14)20;1-2-4-6-5-3-1;/h2*1-8,11-12,19-20H,9-10H2;6H,1-5H2;/q;;;+3. The summed E-state index contributed by atoms with van der Waals surface area (Å²) in [5.41, 5.74) is 2.77. The Morgan fingerprint density at radius 2 is 0.681 bits per heavy atom. The van der Waals surface area contributed by atoms with Gasteiger partial charge in [-0.1, -0.05) is 55.0 Å². The molecule has 0 aliphatic carbocycles. The van der Waals surface area contributed by atoms with Crippen LogP contribution in [0.4, 0.5) is 0 Å². The third kappa shape index (κ3) is 16.6. The quantitative estimate of drug-likeness (QED) is 0.0989. The van der Waals surface area contributed by atoms with E-state index in [-0.39, 0.29) is 72.4 Å². The number of hydrogen-bond donors (Lipinski definition) is 5. The molecule has 244 valence electrons. The summed E-state index contributed by atoms with van der Waals surface area (Å²) in [4.78, 5) is 16.8. The van der Waals surface area contributed by atoms with Crippen molar-refractivity contribution in [2.75, 3.05) is 39.3 Å². The Bertz CT molecular complexity index is 1340. The zero-order valence-electron chi connectivity index (χ0n) is 26.4. The first-order valence-electron chi connectivity index (χ1n) is 15.4. The summed E-state index contributed by atoms with van der Waals surface area (Å²) in [5.74, 6) is 0.867. The number of benzene rings is 4. The molecule has 9 nitrogen and oxygen atoms in total. The van der Waals surface area contributed by atoms with E-state index in [4.69, 9.17) is 0 Å². The Morgan fingerprint density at radius 1 is 0.426 bits per heavy atom. The minimum atomic E-state index is 0. The van der Waals surface area contributed by atoms with Crippen LogP contribution in [-0.4, -0.2) is 84.6 Å². The average molecular weight is 774 g/mol. The predicted molar refractivity (Wildman–Crippen MR) is 189 cm³/mol. The minimum absolute atomic E-state index is 0. The predicted octanol–water partition coefficient (Wildman–Crippen LogP) is 6.03. The fourth-order valence-electron chi connectivity index (χ4n) is 4.07. The smallest absolute Gasteiger partial charge is 0.507 e. The average Bonchev–Trinajstić information content (AvgIpc) is 3.09. The van der Waals surface area contributed by atoms with Crippen LogP contribution in [0.25, 0.3) is 0 Å². The third-order valence-corrected chi connectivity index (χ3v) is 6.59. The second kappa shape index (κ2) is 24.5. The molecule has 0 atom stereocenters. The zero-order chi connectivity index (χ0) is 32.7. The van der Waals surface area contributed by atoms with Gasteiger partial charge in [-0.3, -0.25) is 20.0 Å². The molecule has 1 aliphatic heterocycles. The van der Waals surface area contributed by atoms with Gasteiger partial charge in [-0.2, -0.15) is 0 Å². The molecule has 5 rings (SSSR count). The minimum Gasteiger partial charge on any atom is -0.507 e. The number of aromatic hydroxyl groups is 4. The summed E-state index contributed by atoms with van der Waals surface area (Å²) < 4.78 is 0. The van der Waals surface area contributed by atoms with Gasteiger partial charge in [-0.25, -0.2) is 0 Å². The van der Waals surface area contributed by atoms with Gasteiger partial charge >= 0.3 is 49.4 Å². The molecular weight excluding hydrogens is 730 g/mol. The number of nitrogens with one attached hydrogen (secondary N) is 1. The Kier molecular flexibility index (Phi) is 20.6. The number of phenolic OH excluding ortho intramolecular Hbond substituents is 4. The van der Waals surface area contributed by atoms with Gasteiger partial charge < -0.3 is 25.7 Å². The van der Waals surface area contributed by atoms with Gasteiger partial charge in [0.1, 0.15) is 23.0 Å². The van der Waals surface area contributed by atoms with Crippen LogP contribution >= 0.6 is 0 Å². The van der Waals surface area contributed by atoms with Crippen LogP contribution in [0.3, 0.4) is 0 Å². The fraction of sp³-hybridized carbons (Fsp3) is 0.243. The molecule has 0 unspecified atom stereocenters. The van der Waals surface area contributed by atoms with E-state index in [0.29, 0.717) is 48.4 Å². The number of phenols is 4. The molecule has 1 aliphatic rings. The largest absolute Gasteiger partial charge is 3.00 e. The first kappa shape index (κ1) is 39.5. The molecule has 0 amide bonds. The van der Waals surface area contributed by atoms with Crippen molar-refractivity contribution in [1.29, 1.82) is 0 Å². The molecule has 10 heteroatoms. The molecular formula is C37H43EuN5O4+3. The summed E-state index contributed by atoms with van der Waals surface area (Å²) in [7, 11) is 0. The van der Waals surface area contributed by atoms with Crippen molar-refractivity contribution in [3.05, 3.63) is 119 Å². The molecule has 4 aromatic carbocycles. The van der Waals surface area contributed by atoms with Gasteiger partial charge in [-0.15, -0.1) is 0 Å². The van der Waals surface area contributed by atoms with E-state index in [2.05, 4.69) is 25.3 Å². The number of rotatable bonds is 10. The number of hydrogen-bond acceptors (Lipinski definition) is 9. The fourth-order valence-corrected chi connectivity index (χ4v) is 4.07. The van der Waals surface area contributed by atoms with Crippen LogP contribution in [0.15, 0.2) is 117 Å². The Labute approximate surface area is 318 Å². The van der Waals surface area contributed by atoms with E-state index in [1.807, 2.05) is 24.3 Å². The number of nitrogens with zero attached hydrogens (tertiary/aromatic N) is 4. The van der Waals surface area contributed by atoms with Crippen molar-refractivity contribution < 1.29 is 69.8 Å². The van der Waals surface area contributed by atoms with Crippen molar-refractivity contribution in [2.45, 2.75) is 19.3 Å². The molecule has 0 spiro atoms. The maximum Gasteiger partial charge on any atom is 3.00 e. The Hall–Kier alpha value is -3.70. The molecule has 1 fully saturated rings. The van der Waals surface area contributed by atoms with E-state index in [9.17, 15) is 20.4 Å². The second-order valence-corrected chi connectivity index (χ2v) is 10.2. The van der Waals surface area contributed by atoms with Crippen LogP contribution in [0.2, 0.25) is 0 Å². The van der Waals surface area contributed by atoms with Gasteiger partial charge in [0.2, 0.25) is 0 Å². The maximum absolute atomic E-state index is 9.54. The van der Waals surface area contributed by atoms with Gasteiger partial charge in [-0.05, 0) is 74.5 Å². The molecule has 4 aromatic rings. The van der Waals surface area contributed by atoms with Crippen molar-refractivity contribution >= 4 is 24.9 Å². The van der Waals surface area contributed by atoms with Gasteiger partial charge in [0, 0.05) is 47.1 Å². The molecule has 0 radical (unpaired) electrons. The van der Waals surface area contributed by atoms with Gasteiger partial charge in [0.15, 0.2) is 0 Å². The zero-order valence-corrected chi connectivity index (χ0v) is 28.8. The molecule has 0 bridgehead atoms. The van der Waals surface area contributed by atoms with Gasteiger partial charge in [0.05, 0.1) is 26.2 Å². The molecule has 47 heavy (non-hydrogen) atoms.